The topological polar surface area (TPSA) is 74.6 Å². The maximum atomic E-state index is 10.7. The summed E-state index contributed by atoms with van der Waals surface area (Å²) in [5, 5.41) is 17.6. The maximum Gasteiger partial charge on any atom is 0.303 e. The molecule has 16 heavy (non-hydrogen) atoms. The van der Waals surface area contributed by atoms with Crippen LogP contribution in [0.1, 0.15) is 45.4 Å². The highest BCUT2D eigenvalue weighted by Crippen LogP contribution is 2.36. The van der Waals surface area contributed by atoms with E-state index in [1.54, 1.807) is 0 Å². The Morgan fingerprint density at radius 2 is 1.50 bits per heavy atom. The fraction of sp³-hybridized carbons (Fsp3) is 0.833. The predicted octanol–water partition coefficient (Wildman–Crippen LogP) is 2.38. The molecule has 2 N–H and O–H groups in total. The molecule has 0 radical (unpaired) electrons. The van der Waals surface area contributed by atoms with Crippen LogP contribution in [0.2, 0.25) is 0 Å². The van der Waals surface area contributed by atoms with Crippen molar-refractivity contribution in [1.29, 1.82) is 0 Å². The van der Waals surface area contributed by atoms with Crippen LogP contribution in [0.3, 0.4) is 0 Å². The predicted molar refractivity (Wildman–Crippen MR) is 59.1 cm³/mol. The number of carboxylic acids is 2. The number of carboxylic acid groups (broad SMARTS) is 2. The lowest BCUT2D eigenvalue weighted by atomic mass is 9.74. The van der Waals surface area contributed by atoms with Gasteiger partial charge >= 0.3 is 11.9 Å². The van der Waals surface area contributed by atoms with Gasteiger partial charge in [-0.2, -0.15) is 0 Å². The summed E-state index contributed by atoms with van der Waals surface area (Å²) in [7, 11) is 0. The third kappa shape index (κ3) is 4.21. The number of hydrogen-bond donors (Lipinski definition) is 2. The van der Waals surface area contributed by atoms with Gasteiger partial charge in [0.2, 0.25) is 0 Å². The van der Waals surface area contributed by atoms with E-state index in [-0.39, 0.29) is 24.7 Å². The Morgan fingerprint density at radius 1 is 1.06 bits per heavy atom. The molecule has 0 saturated heterocycles. The quantitative estimate of drug-likeness (QED) is 0.757. The largest absolute Gasteiger partial charge is 0.481 e. The summed E-state index contributed by atoms with van der Waals surface area (Å²) in [5.74, 6) is -0.979. The van der Waals surface area contributed by atoms with E-state index in [2.05, 4.69) is 6.92 Å². The Morgan fingerprint density at radius 3 is 1.88 bits per heavy atom. The summed E-state index contributed by atoms with van der Waals surface area (Å²) in [6.45, 7) is 2.19. The molecule has 0 aromatic rings. The first-order chi connectivity index (χ1) is 7.49. The van der Waals surface area contributed by atoms with Gasteiger partial charge < -0.3 is 10.2 Å². The summed E-state index contributed by atoms with van der Waals surface area (Å²) in [6.07, 6.45) is 4.14. The van der Waals surface area contributed by atoms with Crippen LogP contribution in [0.25, 0.3) is 0 Å². The van der Waals surface area contributed by atoms with Gasteiger partial charge in [0.25, 0.3) is 0 Å². The number of hydrogen-bond acceptors (Lipinski definition) is 2. The van der Waals surface area contributed by atoms with Gasteiger partial charge in [-0.15, -0.1) is 0 Å². The number of aliphatic carboxylic acids is 2. The highest BCUT2D eigenvalue weighted by atomic mass is 16.4. The van der Waals surface area contributed by atoms with Gasteiger partial charge in [0.05, 0.1) is 0 Å². The lowest BCUT2D eigenvalue weighted by molar-refractivity contribution is -0.141. The minimum absolute atomic E-state index is 0.00858. The second-order valence-electron chi connectivity index (χ2n) is 4.98. The van der Waals surface area contributed by atoms with E-state index < -0.39 is 11.9 Å². The molecule has 0 atom stereocenters. The van der Waals surface area contributed by atoms with E-state index in [1.807, 2.05) is 0 Å². The fourth-order valence-electron chi connectivity index (χ4n) is 2.61. The van der Waals surface area contributed by atoms with E-state index >= 15 is 0 Å². The molecule has 1 saturated carbocycles. The van der Waals surface area contributed by atoms with Gasteiger partial charge in [-0.1, -0.05) is 19.8 Å². The van der Waals surface area contributed by atoms with Crippen LogP contribution in [0.15, 0.2) is 0 Å². The molecular weight excluding hydrogens is 208 g/mol. The molecule has 0 spiro atoms. The summed E-state index contributed by atoms with van der Waals surface area (Å²) in [6, 6.07) is 0. The lowest BCUT2D eigenvalue weighted by Gasteiger charge is -2.31. The Labute approximate surface area is 95.7 Å². The van der Waals surface area contributed by atoms with Crippen molar-refractivity contribution in [3.63, 3.8) is 0 Å². The molecule has 4 nitrogen and oxygen atoms in total. The van der Waals surface area contributed by atoms with Crippen molar-refractivity contribution in [2.75, 3.05) is 0 Å². The third-order valence-corrected chi connectivity index (χ3v) is 3.60. The van der Waals surface area contributed by atoms with Crippen molar-refractivity contribution in [3.05, 3.63) is 0 Å². The van der Waals surface area contributed by atoms with E-state index in [0.717, 1.165) is 25.7 Å². The Bertz CT molecular complexity index is 238. The molecule has 1 aliphatic carbocycles. The van der Waals surface area contributed by atoms with Crippen LogP contribution < -0.4 is 0 Å². The van der Waals surface area contributed by atoms with Crippen LogP contribution in [-0.2, 0) is 9.59 Å². The molecule has 0 amide bonds. The van der Waals surface area contributed by atoms with Crippen LogP contribution in [0.4, 0.5) is 0 Å². The van der Waals surface area contributed by atoms with E-state index in [9.17, 15) is 9.59 Å². The Kier molecular flexibility index (Phi) is 4.77. The monoisotopic (exact) mass is 228 g/mol. The van der Waals surface area contributed by atoms with Crippen LogP contribution in [-0.4, -0.2) is 22.2 Å². The van der Waals surface area contributed by atoms with E-state index in [1.165, 1.54) is 0 Å². The molecule has 0 aromatic heterocycles. The smallest absolute Gasteiger partial charge is 0.303 e. The summed E-state index contributed by atoms with van der Waals surface area (Å²) in [4.78, 5) is 21.4. The molecule has 1 rings (SSSR count). The average Bonchev–Trinajstić information content (AvgIpc) is 2.16. The van der Waals surface area contributed by atoms with Crippen LogP contribution in [0.5, 0.6) is 0 Å². The van der Waals surface area contributed by atoms with Crippen molar-refractivity contribution in [3.8, 4) is 0 Å². The van der Waals surface area contributed by atoms with Gasteiger partial charge in [0, 0.05) is 12.8 Å². The van der Waals surface area contributed by atoms with Gasteiger partial charge in [-0.25, -0.2) is 0 Å². The molecular formula is C12H20O4. The van der Waals surface area contributed by atoms with Crippen molar-refractivity contribution >= 4 is 11.9 Å². The van der Waals surface area contributed by atoms with Crippen molar-refractivity contribution in [1.82, 2.24) is 0 Å². The highest BCUT2D eigenvalue weighted by molar-refractivity contribution is 5.70. The summed E-state index contributed by atoms with van der Waals surface area (Å²) in [5.41, 5.74) is 0. The summed E-state index contributed by atoms with van der Waals surface area (Å²) >= 11 is 0. The average molecular weight is 228 g/mol. The molecule has 4 heteroatoms. The maximum absolute atomic E-state index is 10.7. The van der Waals surface area contributed by atoms with E-state index in [0.29, 0.717) is 5.92 Å². The van der Waals surface area contributed by atoms with Gasteiger partial charge in [-0.3, -0.25) is 9.59 Å². The van der Waals surface area contributed by atoms with Crippen molar-refractivity contribution < 1.29 is 19.8 Å². The molecule has 0 unspecified atom stereocenters. The van der Waals surface area contributed by atoms with Crippen molar-refractivity contribution in [2.45, 2.75) is 45.4 Å². The van der Waals surface area contributed by atoms with Gasteiger partial charge in [-0.05, 0) is 30.6 Å². The molecule has 0 heterocycles. The molecule has 92 valence electrons. The Balaban J connectivity index is 2.53. The first kappa shape index (κ1) is 13.0. The third-order valence-electron chi connectivity index (χ3n) is 3.60. The Hall–Kier alpha value is -1.06. The number of rotatable bonds is 5. The minimum atomic E-state index is -0.884. The zero-order valence-electron chi connectivity index (χ0n) is 9.69. The summed E-state index contributed by atoms with van der Waals surface area (Å²) < 4.78 is 0. The first-order valence-electron chi connectivity index (χ1n) is 5.92. The van der Waals surface area contributed by atoms with Gasteiger partial charge in [0.1, 0.15) is 0 Å². The highest BCUT2D eigenvalue weighted by Gasteiger charge is 2.29. The normalized spacial score (nSPS) is 25.6. The zero-order valence-corrected chi connectivity index (χ0v) is 9.69. The zero-order chi connectivity index (χ0) is 12.1. The molecule has 1 fully saturated rings. The fourth-order valence-corrected chi connectivity index (χ4v) is 2.61. The standard InChI is InChI=1S/C12H20O4/c1-8-2-4-9(5-3-8)10(6-11(13)14)7-12(15)16/h8-10H,2-7H2,1H3,(H,13,14)(H,15,16). The molecule has 0 aliphatic heterocycles. The van der Waals surface area contributed by atoms with Crippen LogP contribution >= 0.6 is 0 Å². The first-order valence-corrected chi connectivity index (χ1v) is 5.92. The van der Waals surface area contributed by atoms with Crippen molar-refractivity contribution in [2.24, 2.45) is 17.8 Å². The van der Waals surface area contributed by atoms with E-state index in [4.69, 9.17) is 10.2 Å². The molecule has 0 aromatic carbocycles. The number of carbonyl (C=O) groups is 2. The second-order valence-corrected chi connectivity index (χ2v) is 4.98. The molecule has 1 aliphatic rings. The SMILES string of the molecule is CC1CCC(C(CC(=O)O)CC(=O)O)CC1. The minimum Gasteiger partial charge on any atom is -0.481 e. The second kappa shape index (κ2) is 5.87. The van der Waals surface area contributed by atoms with Crippen LogP contribution in [0, 0.1) is 17.8 Å². The molecule has 0 bridgehead atoms. The lowest BCUT2D eigenvalue weighted by Crippen LogP contribution is -2.25. The van der Waals surface area contributed by atoms with Gasteiger partial charge in [0.15, 0.2) is 0 Å².